The Bertz CT molecular complexity index is 155. The molecule has 1 atom stereocenters. The fraction of sp³-hybridized carbons (Fsp3) is 1.00. The molecule has 1 aliphatic heterocycles. The summed E-state index contributed by atoms with van der Waals surface area (Å²) in [5.41, 5.74) is 0. The van der Waals surface area contributed by atoms with E-state index in [-0.39, 0.29) is 29.6 Å². The summed E-state index contributed by atoms with van der Waals surface area (Å²) in [5, 5.41) is 4.85. The first-order valence-electron chi connectivity index (χ1n) is 4.13. The van der Waals surface area contributed by atoms with Crippen molar-refractivity contribution < 1.29 is 13.7 Å². The Labute approximate surface area is 101 Å². The summed E-state index contributed by atoms with van der Waals surface area (Å²) < 4.78 is 20.8. The number of rotatable bonds is 4. The van der Waals surface area contributed by atoms with E-state index in [1.807, 2.05) is 0 Å². The minimum atomic E-state index is -2.29. The second-order valence-electron chi connectivity index (χ2n) is 2.45. The average Bonchev–Trinajstić information content (AvgIpc) is 2.06. The van der Waals surface area contributed by atoms with Gasteiger partial charge < -0.3 is 9.84 Å². The topological polar surface area (TPSA) is 50.8 Å². The standard InChI is InChI=1S/C6H15N2O3P.Na.H/c1-2-10-12(9)11-8-5-3-7-4-6-8;;/h7,12H,2-6H2,1H3;;. The Kier molecular flexibility index (Phi) is 9.07. The molecule has 1 heterocycles. The maximum absolute atomic E-state index is 11.0. The molecule has 1 saturated heterocycles. The zero-order valence-corrected chi connectivity index (χ0v) is 8.21. The SMILES string of the molecule is CCO[PH](=O)ON1CCNCC1.[NaH]. The van der Waals surface area contributed by atoms with Crippen molar-refractivity contribution in [1.29, 1.82) is 0 Å². The molecular formula is C6H16N2NaO3P. The molecule has 1 fully saturated rings. The van der Waals surface area contributed by atoms with Crippen molar-refractivity contribution in [2.45, 2.75) is 6.92 Å². The average molecular weight is 218 g/mol. The number of piperazine rings is 1. The van der Waals surface area contributed by atoms with Gasteiger partial charge in [0.1, 0.15) is 0 Å². The minimum absolute atomic E-state index is 0. The van der Waals surface area contributed by atoms with Gasteiger partial charge in [-0.2, -0.15) is 5.06 Å². The normalized spacial score (nSPS) is 20.7. The van der Waals surface area contributed by atoms with E-state index < -0.39 is 8.25 Å². The number of nitrogens with zero attached hydrogens (tertiary/aromatic N) is 1. The van der Waals surface area contributed by atoms with Crippen molar-refractivity contribution in [3.05, 3.63) is 0 Å². The van der Waals surface area contributed by atoms with Crippen LogP contribution in [-0.4, -0.2) is 67.4 Å². The van der Waals surface area contributed by atoms with Gasteiger partial charge >= 0.3 is 37.8 Å². The van der Waals surface area contributed by atoms with Gasteiger partial charge in [0.2, 0.25) is 0 Å². The van der Waals surface area contributed by atoms with Gasteiger partial charge in [0.15, 0.2) is 0 Å². The van der Waals surface area contributed by atoms with E-state index in [9.17, 15) is 4.57 Å². The molecule has 1 rings (SSSR count). The molecule has 1 N–H and O–H groups in total. The van der Waals surface area contributed by atoms with Crippen molar-refractivity contribution >= 4 is 37.8 Å². The van der Waals surface area contributed by atoms with Crippen molar-refractivity contribution in [3.63, 3.8) is 0 Å². The molecule has 0 aromatic heterocycles. The van der Waals surface area contributed by atoms with Gasteiger partial charge in [0, 0.05) is 26.2 Å². The Morgan fingerprint density at radius 2 is 2.08 bits per heavy atom. The van der Waals surface area contributed by atoms with Gasteiger partial charge in [0.05, 0.1) is 6.61 Å². The summed E-state index contributed by atoms with van der Waals surface area (Å²) in [6.07, 6.45) is 0. The number of hydrogen-bond donors (Lipinski definition) is 1. The van der Waals surface area contributed by atoms with Crippen LogP contribution in [0.2, 0.25) is 0 Å². The van der Waals surface area contributed by atoms with E-state index in [4.69, 9.17) is 9.15 Å². The van der Waals surface area contributed by atoms with Crippen LogP contribution < -0.4 is 5.32 Å². The molecule has 7 heteroatoms. The summed E-state index contributed by atoms with van der Waals surface area (Å²) in [5.74, 6) is 0. The summed E-state index contributed by atoms with van der Waals surface area (Å²) in [7, 11) is -2.29. The molecule has 5 nitrogen and oxygen atoms in total. The Morgan fingerprint density at radius 1 is 1.46 bits per heavy atom. The third kappa shape index (κ3) is 6.20. The van der Waals surface area contributed by atoms with Crippen LogP contribution in [0.3, 0.4) is 0 Å². The summed E-state index contributed by atoms with van der Waals surface area (Å²) in [4.78, 5) is 0. The number of hydrogen-bond acceptors (Lipinski definition) is 5. The summed E-state index contributed by atoms with van der Waals surface area (Å²) in [6.45, 7) is 5.52. The molecule has 0 aromatic rings. The summed E-state index contributed by atoms with van der Waals surface area (Å²) in [6, 6.07) is 0. The van der Waals surface area contributed by atoms with Gasteiger partial charge in [-0.3, -0.25) is 4.57 Å². The van der Waals surface area contributed by atoms with Crippen molar-refractivity contribution in [1.82, 2.24) is 10.4 Å². The number of nitrogens with one attached hydrogen (secondary N) is 1. The molecule has 0 spiro atoms. The quantitative estimate of drug-likeness (QED) is 0.514. The first kappa shape index (κ1) is 14.1. The zero-order chi connectivity index (χ0) is 8.81. The van der Waals surface area contributed by atoms with E-state index in [0.717, 1.165) is 26.2 Å². The fourth-order valence-electron chi connectivity index (χ4n) is 0.985. The van der Waals surface area contributed by atoms with Crippen LogP contribution in [0.15, 0.2) is 0 Å². The molecule has 1 unspecified atom stereocenters. The third-order valence-corrected chi connectivity index (χ3v) is 2.47. The van der Waals surface area contributed by atoms with Crippen LogP contribution in [0.4, 0.5) is 0 Å². The zero-order valence-electron chi connectivity index (χ0n) is 7.21. The van der Waals surface area contributed by atoms with E-state index in [1.165, 1.54) is 0 Å². The van der Waals surface area contributed by atoms with Crippen LogP contribution in [-0.2, 0) is 13.7 Å². The maximum atomic E-state index is 11.0. The van der Waals surface area contributed by atoms with Crippen molar-refractivity contribution in [2.24, 2.45) is 0 Å². The van der Waals surface area contributed by atoms with E-state index in [0.29, 0.717) is 6.61 Å². The Balaban J connectivity index is 0.00000144. The second-order valence-corrected chi connectivity index (χ2v) is 3.42. The van der Waals surface area contributed by atoms with Gasteiger partial charge in [0.25, 0.3) is 0 Å². The first-order valence-corrected chi connectivity index (χ1v) is 5.36. The van der Waals surface area contributed by atoms with E-state index >= 15 is 0 Å². The monoisotopic (exact) mass is 218 g/mol. The Morgan fingerprint density at radius 3 is 2.62 bits per heavy atom. The molecule has 0 radical (unpaired) electrons. The molecule has 0 amide bonds. The number of hydroxylamine groups is 2. The van der Waals surface area contributed by atoms with Crippen LogP contribution in [0.1, 0.15) is 6.92 Å². The van der Waals surface area contributed by atoms with Crippen LogP contribution in [0, 0.1) is 0 Å². The van der Waals surface area contributed by atoms with Crippen molar-refractivity contribution in [2.75, 3.05) is 32.8 Å². The molecule has 0 saturated carbocycles. The molecule has 13 heavy (non-hydrogen) atoms. The predicted molar refractivity (Wildman–Crippen MR) is 53.3 cm³/mol. The van der Waals surface area contributed by atoms with Gasteiger partial charge in [-0.05, 0) is 6.92 Å². The molecule has 0 aliphatic carbocycles. The van der Waals surface area contributed by atoms with Crippen LogP contribution in [0.25, 0.3) is 0 Å². The van der Waals surface area contributed by atoms with Crippen molar-refractivity contribution in [3.8, 4) is 0 Å². The fourth-order valence-corrected chi connectivity index (χ4v) is 1.67. The van der Waals surface area contributed by atoms with Crippen LogP contribution >= 0.6 is 8.25 Å². The van der Waals surface area contributed by atoms with Gasteiger partial charge in [-0.1, -0.05) is 0 Å². The molecular weight excluding hydrogens is 202 g/mol. The Hall–Kier alpha value is 1.07. The van der Waals surface area contributed by atoms with Gasteiger partial charge in [-0.25, -0.2) is 4.62 Å². The van der Waals surface area contributed by atoms with E-state index in [1.54, 1.807) is 12.0 Å². The molecule has 74 valence electrons. The molecule has 1 aliphatic rings. The third-order valence-electron chi connectivity index (χ3n) is 1.54. The summed E-state index contributed by atoms with van der Waals surface area (Å²) >= 11 is 0. The molecule has 0 aromatic carbocycles. The van der Waals surface area contributed by atoms with E-state index in [2.05, 4.69) is 5.32 Å². The molecule has 0 bridgehead atoms. The van der Waals surface area contributed by atoms with Crippen LogP contribution in [0.5, 0.6) is 0 Å². The van der Waals surface area contributed by atoms with Gasteiger partial charge in [-0.15, -0.1) is 0 Å². The predicted octanol–water partition coefficient (Wildman–Crippen LogP) is -0.399. The first-order chi connectivity index (χ1) is 5.83. The second kappa shape index (κ2) is 8.38.